The molecular weight excluding hydrogens is 278 g/mol. The van der Waals surface area contributed by atoms with Crippen LogP contribution in [0.25, 0.3) is 0 Å². The first-order chi connectivity index (χ1) is 9.42. The van der Waals surface area contributed by atoms with E-state index in [9.17, 15) is 13.5 Å². The second kappa shape index (κ2) is 5.71. The van der Waals surface area contributed by atoms with Gasteiger partial charge in [0.1, 0.15) is 5.75 Å². The van der Waals surface area contributed by atoms with Gasteiger partial charge in [-0.2, -0.15) is 0 Å². The summed E-state index contributed by atoms with van der Waals surface area (Å²) in [5.41, 5.74) is 5.63. The molecule has 0 aliphatic carbocycles. The van der Waals surface area contributed by atoms with E-state index in [2.05, 4.69) is 0 Å². The number of aliphatic hydroxyl groups is 1. The minimum absolute atomic E-state index is 0.0590. The summed E-state index contributed by atoms with van der Waals surface area (Å²) in [7, 11) is -3.11. The molecule has 2 atom stereocenters. The lowest BCUT2D eigenvalue weighted by molar-refractivity contribution is 0.0470. The minimum Gasteiger partial charge on any atom is -0.494 e. The first-order valence-electron chi connectivity index (χ1n) is 6.74. The van der Waals surface area contributed by atoms with Crippen molar-refractivity contribution in [3.63, 3.8) is 0 Å². The van der Waals surface area contributed by atoms with E-state index >= 15 is 0 Å². The Morgan fingerprint density at radius 3 is 2.80 bits per heavy atom. The summed E-state index contributed by atoms with van der Waals surface area (Å²) in [5, 5.41) is 10.6. The van der Waals surface area contributed by atoms with Crippen LogP contribution >= 0.6 is 0 Å². The molecule has 1 aromatic carbocycles. The molecule has 1 heterocycles. The van der Waals surface area contributed by atoms with Crippen LogP contribution in [0.5, 0.6) is 5.75 Å². The van der Waals surface area contributed by atoms with Crippen molar-refractivity contribution in [3.05, 3.63) is 29.8 Å². The Morgan fingerprint density at radius 1 is 1.50 bits per heavy atom. The van der Waals surface area contributed by atoms with Gasteiger partial charge < -0.3 is 15.6 Å². The molecule has 6 heteroatoms. The third-order valence-corrected chi connectivity index (χ3v) is 5.73. The summed E-state index contributed by atoms with van der Waals surface area (Å²) in [6.07, 6.45) is -0.503. The van der Waals surface area contributed by atoms with Gasteiger partial charge >= 0.3 is 0 Å². The molecule has 0 bridgehead atoms. The van der Waals surface area contributed by atoms with Crippen molar-refractivity contribution < 1.29 is 18.3 Å². The number of nitrogens with two attached hydrogens (primary N) is 1. The van der Waals surface area contributed by atoms with Gasteiger partial charge in [0.15, 0.2) is 9.84 Å². The standard InChI is InChI=1S/C14H21NO4S/c1-2-19-12-5-3-4-11(8-12)13(16)14(9-15)6-7-20(17,18)10-14/h3-5,8,13,16H,2,6-7,9-10,15H2,1H3. The van der Waals surface area contributed by atoms with Gasteiger partial charge in [-0.05, 0) is 31.0 Å². The fourth-order valence-corrected chi connectivity index (χ4v) is 4.88. The average Bonchev–Trinajstić information content (AvgIpc) is 2.75. The first kappa shape index (κ1) is 15.3. The van der Waals surface area contributed by atoms with Gasteiger partial charge in [0.2, 0.25) is 0 Å². The number of sulfone groups is 1. The summed E-state index contributed by atoms with van der Waals surface area (Å²) >= 11 is 0. The van der Waals surface area contributed by atoms with Crippen molar-refractivity contribution >= 4 is 9.84 Å². The van der Waals surface area contributed by atoms with Crippen LogP contribution in [0, 0.1) is 5.41 Å². The van der Waals surface area contributed by atoms with Crippen molar-refractivity contribution in [1.82, 2.24) is 0 Å². The molecule has 5 nitrogen and oxygen atoms in total. The summed E-state index contributed by atoms with van der Waals surface area (Å²) in [5.74, 6) is 0.695. The van der Waals surface area contributed by atoms with Gasteiger partial charge in [0, 0.05) is 12.0 Å². The smallest absolute Gasteiger partial charge is 0.151 e. The average molecular weight is 299 g/mol. The molecule has 0 saturated carbocycles. The molecule has 3 N–H and O–H groups in total. The molecular formula is C14H21NO4S. The topological polar surface area (TPSA) is 89.6 Å². The van der Waals surface area contributed by atoms with Crippen molar-refractivity contribution in [2.24, 2.45) is 11.1 Å². The van der Waals surface area contributed by atoms with E-state index in [1.807, 2.05) is 6.92 Å². The predicted octanol–water partition coefficient (Wildman–Crippen LogP) is 0.882. The number of benzene rings is 1. The van der Waals surface area contributed by atoms with Crippen LogP contribution in [0.2, 0.25) is 0 Å². The van der Waals surface area contributed by atoms with Crippen LogP contribution in [0.3, 0.4) is 0 Å². The van der Waals surface area contributed by atoms with Gasteiger partial charge in [-0.3, -0.25) is 0 Å². The van der Waals surface area contributed by atoms with Crippen LogP contribution in [-0.2, 0) is 9.84 Å². The Balaban J connectivity index is 2.29. The molecule has 1 aliphatic rings. The lowest BCUT2D eigenvalue weighted by Crippen LogP contribution is -2.38. The van der Waals surface area contributed by atoms with E-state index in [1.54, 1.807) is 24.3 Å². The van der Waals surface area contributed by atoms with E-state index in [0.717, 1.165) is 0 Å². The van der Waals surface area contributed by atoms with Gasteiger partial charge in [0.25, 0.3) is 0 Å². The van der Waals surface area contributed by atoms with E-state index in [0.29, 0.717) is 24.3 Å². The highest BCUT2D eigenvalue weighted by Gasteiger charge is 2.47. The zero-order chi connectivity index (χ0) is 14.8. The quantitative estimate of drug-likeness (QED) is 0.842. The Bertz CT molecular complexity index is 572. The Labute approximate surface area is 119 Å². The molecule has 0 amide bonds. The fourth-order valence-electron chi connectivity index (χ4n) is 2.72. The van der Waals surface area contributed by atoms with E-state index < -0.39 is 21.4 Å². The van der Waals surface area contributed by atoms with Gasteiger partial charge in [-0.15, -0.1) is 0 Å². The highest BCUT2D eigenvalue weighted by atomic mass is 32.2. The zero-order valence-electron chi connectivity index (χ0n) is 11.6. The van der Waals surface area contributed by atoms with Crippen LogP contribution in [0.4, 0.5) is 0 Å². The number of rotatable bonds is 5. The van der Waals surface area contributed by atoms with Crippen molar-refractivity contribution in [1.29, 1.82) is 0 Å². The van der Waals surface area contributed by atoms with Gasteiger partial charge in [0.05, 0.1) is 24.2 Å². The first-order valence-corrected chi connectivity index (χ1v) is 8.56. The predicted molar refractivity (Wildman–Crippen MR) is 77.3 cm³/mol. The zero-order valence-corrected chi connectivity index (χ0v) is 12.4. The number of hydrogen-bond acceptors (Lipinski definition) is 5. The molecule has 1 saturated heterocycles. The lowest BCUT2D eigenvalue weighted by Gasteiger charge is -2.32. The minimum atomic E-state index is -3.11. The van der Waals surface area contributed by atoms with Crippen LogP contribution in [0.1, 0.15) is 25.0 Å². The van der Waals surface area contributed by atoms with Gasteiger partial charge in [-0.1, -0.05) is 12.1 Å². The third-order valence-electron chi connectivity index (χ3n) is 3.89. The monoisotopic (exact) mass is 299 g/mol. The molecule has 0 aromatic heterocycles. The third kappa shape index (κ3) is 2.97. The summed E-state index contributed by atoms with van der Waals surface area (Å²) < 4.78 is 28.8. The van der Waals surface area contributed by atoms with Crippen LogP contribution in [0.15, 0.2) is 24.3 Å². The Hall–Kier alpha value is -1.11. The number of hydrogen-bond donors (Lipinski definition) is 2. The maximum absolute atomic E-state index is 11.7. The second-order valence-electron chi connectivity index (χ2n) is 5.32. The fraction of sp³-hybridized carbons (Fsp3) is 0.571. The molecule has 1 aliphatic heterocycles. The Kier molecular flexibility index (Phi) is 4.36. The van der Waals surface area contributed by atoms with Crippen LogP contribution in [-0.4, -0.2) is 38.2 Å². The van der Waals surface area contributed by atoms with Crippen molar-refractivity contribution in [2.75, 3.05) is 24.7 Å². The van der Waals surface area contributed by atoms with Crippen molar-refractivity contribution in [3.8, 4) is 5.75 Å². The molecule has 1 aromatic rings. The summed E-state index contributed by atoms with van der Waals surface area (Å²) in [6, 6.07) is 7.11. The summed E-state index contributed by atoms with van der Waals surface area (Å²) in [4.78, 5) is 0. The maximum Gasteiger partial charge on any atom is 0.151 e. The largest absolute Gasteiger partial charge is 0.494 e. The summed E-state index contributed by atoms with van der Waals surface area (Å²) in [6.45, 7) is 2.57. The normalized spacial score (nSPS) is 26.4. The van der Waals surface area contributed by atoms with Crippen molar-refractivity contribution in [2.45, 2.75) is 19.4 Å². The van der Waals surface area contributed by atoms with E-state index in [-0.39, 0.29) is 18.1 Å². The highest BCUT2D eigenvalue weighted by molar-refractivity contribution is 7.91. The molecule has 2 rings (SSSR count). The number of aliphatic hydroxyl groups excluding tert-OH is 1. The molecule has 20 heavy (non-hydrogen) atoms. The maximum atomic E-state index is 11.7. The molecule has 0 radical (unpaired) electrons. The Morgan fingerprint density at radius 2 is 2.25 bits per heavy atom. The number of ether oxygens (including phenoxy) is 1. The highest BCUT2D eigenvalue weighted by Crippen LogP contribution is 2.43. The molecule has 2 unspecified atom stereocenters. The molecule has 1 fully saturated rings. The van der Waals surface area contributed by atoms with E-state index in [4.69, 9.17) is 10.5 Å². The van der Waals surface area contributed by atoms with E-state index in [1.165, 1.54) is 0 Å². The second-order valence-corrected chi connectivity index (χ2v) is 7.50. The lowest BCUT2D eigenvalue weighted by atomic mass is 9.78. The SMILES string of the molecule is CCOc1cccc(C(O)C2(CN)CCS(=O)(=O)C2)c1. The van der Waals surface area contributed by atoms with Crippen LogP contribution < -0.4 is 10.5 Å². The van der Waals surface area contributed by atoms with Gasteiger partial charge in [-0.25, -0.2) is 8.42 Å². The molecule has 0 spiro atoms. The molecule has 112 valence electrons.